The van der Waals surface area contributed by atoms with Crippen molar-refractivity contribution < 1.29 is 23.8 Å². The molecule has 0 N–H and O–H groups in total. The molecule has 0 radical (unpaired) electrons. The molecular weight excluding hydrogens is 164 g/mol. The molecule has 3 unspecified atom stereocenters. The summed E-state index contributed by atoms with van der Waals surface area (Å²) < 4.78 is 14.6. The van der Waals surface area contributed by atoms with E-state index in [9.17, 15) is 9.59 Å². The molecular formula is C7H8O5. The second kappa shape index (κ2) is 2.75. The first-order chi connectivity index (χ1) is 5.83. The van der Waals surface area contributed by atoms with Gasteiger partial charge in [0, 0.05) is 6.42 Å². The summed E-state index contributed by atoms with van der Waals surface area (Å²) in [6, 6.07) is 0. The molecule has 0 saturated carbocycles. The van der Waals surface area contributed by atoms with Crippen molar-refractivity contribution in [2.45, 2.75) is 24.7 Å². The highest BCUT2D eigenvalue weighted by atomic mass is 16.6. The van der Waals surface area contributed by atoms with Crippen LogP contribution in [0.5, 0.6) is 0 Å². The Labute approximate surface area is 68.6 Å². The molecule has 66 valence electrons. The summed E-state index contributed by atoms with van der Waals surface area (Å²) in [7, 11) is 0. The van der Waals surface area contributed by atoms with Gasteiger partial charge in [-0.25, -0.2) is 4.79 Å². The summed E-state index contributed by atoms with van der Waals surface area (Å²) >= 11 is 0. The first-order valence-electron chi connectivity index (χ1n) is 3.74. The Balaban J connectivity index is 2.10. The summed E-state index contributed by atoms with van der Waals surface area (Å²) in [5, 5.41) is 0. The van der Waals surface area contributed by atoms with Gasteiger partial charge >= 0.3 is 5.97 Å². The van der Waals surface area contributed by atoms with Gasteiger partial charge in [-0.1, -0.05) is 0 Å². The van der Waals surface area contributed by atoms with Gasteiger partial charge in [0.2, 0.25) is 6.10 Å². The normalized spacial score (nSPS) is 39.0. The van der Waals surface area contributed by atoms with E-state index in [-0.39, 0.29) is 18.7 Å². The Bertz CT molecular complexity index is 214. The van der Waals surface area contributed by atoms with Crippen LogP contribution in [0.25, 0.3) is 0 Å². The van der Waals surface area contributed by atoms with E-state index in [1.54, 1.807) is 0 Å². The first-order valence-corrected chi connectivity index (χ1v) is 3.74. The minimum atomic E-state index is -0.852. The lowest BCUT2D eigenvalue weighted by molar-refractivity contribution is -0.156. The second-order valence-electron chi connectivity index (χ2n) is 2.75. The number of fused-ring (bicyclic) bond motifs is 1. The molecule has 2 fully saturated rings. The number of carbonyl (C=O) groups excluding carboxylic acids is 2. The van der Waals surface area contributed by atoms with Crippen LogP contribution >= 0.6 is 0 Å². The molecule has 3 atom stereocenters. The van der Waals surface area contributed by atoms with E-state index in [2.05, 4.69) is 4.74 Å². The number of ether oxygens (including phenoxy) is 3. The molecule has 0 bridgehead atoms. The zero-order valence-electron chi connectivity index (χ0n) is 6.26. The highest BCUT2D eigenvalue weighted by Crippen LogP contribution is 2.28. The second-order valence-corrected chi connectivity index (χ2v) is 2.75. The highest BCUT2D eigenvalue weighted by molar-refractivity contribution is 5.79. The van der Waals surface area contributed by atoms with E-state index in [0.717, 1.165) is 0 Å². The molecule has 2 saturated heterocycles. The van der Waals surface area contributed by atoms with Crippen molar-refractivity contribution in [1.29, 1.82) is 0 Å². The summed E-state index contributed by atoms with van der Waals surface area (Å²) in [4.78, 5) is 21.0. The Morgan fingerprint density at radius 3 is 3.17 bits per heavy atom. The molecule has 2 rings (SSSR count). The quantitative estimate of drug-likeness (QED) is 0.405. The molecule has 0 aromatic heterocycles. The smallest absolute Gasteiger partial charge is 0.350 e. The Morgan fingerprint density at radius 1 is 1.58 bits per heavy atom. The SMILES string of the molecule is O=COC1C(=O)OC2CCOC21. The molecule has 0 aromatic carbocycles. The van der Waals surface area contributed by atoms with E-state index in [0.29, 0.717) is 13.0 Å². The third kappa shape index (κ3) is 0.972. The largest absolute Gasteiger partial charge is 0.457 e. The molecule has 5 heteroatoms. The lowest BCUT2D eigenvalue weighted by Crippen LogP contribution is -2.31. The zero-order valence-corrected chi connectivity index (χ0v) is 6.26. The Hall–Kier alpha value is -1.10. The van der Waals surface area contributed by atoms with Gasteiger partial charge in [-0.05, 0) is 0 Å². The van der Waals surface area contributed by atoms with Crippen molar-refractivity contribution in [3.8, 4) is 0 Å². The predicted molar refractivity (Wildman–Crippen MR) is 35.2 cm³/mol. The van der Waals surface area contributed by atoms with Gasteiger partial charge in [-0.3, -0.25) is 4.79 Å². The lowest BCUT2D eigenvalue weighted by Gasteiger charge is -2.09. The van der Waals surface area contributed by atoms with Crippen LogP contribution in [0.1, 0.15) is 6.42 Å². The number of esters is 1. The van der Waals surface area contributed by atoms with Crippen molar-refractivity contribution in [2.75, 3.05) is 6.61 Å². The summed E-state index contributed by atoms with van der Waals surface area (Å²) in [5.74, 6) is -0.503. The lowest BCUT2D eigenvalue weighted by atomic mass is 10.1. The monoisotopic (exact) mass is 172 g/mol. The van der Waals surface area contributed by atoms with Crippen LogP contribution in [0, 0.1) is 0 Å². The fraction of sp³-hybridized carbons (Fsp3) is 0.714. The average molecular weight is 172 g/mol. The third-order valence-electron chi connectivity index (χ3n) is 2.08. The van der Waals surface area contributed by atoms with Crippen LogP contribution in [0.15, 0.2) is 0 Å². The average Bonchev–Trinajstić information content (AvgIpc) is 2.56. The summed E-state index contributed by atoms with van der Waals surface area (Å²) in [5.41, 5.74) is 0. The van der Waals surface area contributed by atoms with Crippen molar-refractivity contribution in [3.05, 3.63) is 0 Å². The van der Waals surface area contributed by atoms with Crippen LogP contribution in [0.3, 0.4) is 0 Å². The van der Waals surface area contributed by atoms with Crippen molar-refractivity contribution in [2.24, 2.45) is 0 Å². The van der Waals surface area contributed by atoms with Crippen LogP contribution in [0.2, 0.25) is 0 Å². The molecule has 0 amide bonds. The Morgan fingerprint density at radius 2 is 2.42 bits per heavy atom. The van der Waals surface area contributed by atoms with Gasteiger partial charge in [0.1, 0.15) is 12.2 Å². The maximum Gasteiger partial charge on any atom is 0.350 e. The first kappa shape index (κ1) is 7.54. The van der Waals surface area contributed by atoms with Gasteiger partial charge in [-0.15, -0.1) is 0 Å². The zero-order chi connectivity index (χ0) is 8.55. The molecule has 5 nitrogen and oxygen atoms in total. The molecule has 0 aromatic rings. The van der Waals surface area contributed by atoms with Gasteiger partial charge in [0.05, 0.1) is 6.61 Å². The van der Waals surface area contributed by atoms with Crippen LogP contribution in [-0.4, -0.2) is 37.4 Å². The number of hydrogen-bond acceptors (Lipinski definition) is 5. The van der Waals surface area contributed by atoms with E-state index < -0.39 is 12.1 Å². The molecule has 2 aliphatic rings. The van der Waals surface area contributed by atoms with Gasteiger partial charge in [-0.2, -0.15) is 0 Å². The van der Waals surface area contributed by atoms with Gasteiger partial charge < -0.3 is 14.2 Å². The Kier molecular flexibility index (Phi) is 1.73. The van der Waals surface area contributed by atoms with Crippen molar-refractivity contribution >= 4 is 12.4 Å². The van der Waals surface area contributed by atoms with E-state index in [1.807, 2.05) is 0 Å². The molecule has 2 aliphatic heterocycles. The van der Waals surface area contributed by atoms with Gasteiger partial charge in [0.15, 0.2) is 0 Å². The topological polar surface area (TPSA) is 61.8 Å². The number of rotatable bonds is 2. The van der Waals surface area contributed by atoms with Crippen LogP contribution in [0.4, 0.5) is 0 Å². The third-order valence-corrected chi connectivity index (χ3v) is 2.08. The van der Waals surface area contributed by atoms with E-state index >= 15 is 0 Å². The highest BCUT2D eigenvalue weighted by Gasteiger charge is 2.50. The summed E-state index contributed by atoms with van der Waals surface area (Å²) in [6.07, 6.45) is -0.769. The number of hydrogen-bond donors (Lipinski definition) is 0. The van der Waals surface area contributed by atoms with E-state index in [4.69, 9.17) is 9.47 Å². The van der Waals surface area contributed by atoms with E-state index in [1.165, 1.54) is 0 Å². The van der Waals surface area contributed by atoms with Crippen molar-refractivity contribution in [3.63, 3.8) is 0 Å². The molecule has 0 spiro atoms. The van der Waals surface area contributed by atoms with Crippen LogP contribution < -0.4 is 0 Å². The molecule has 0 aliphatic carbocycles. The van der Waals surface area contributed by atoms with Crippen LogP contribution in [-0.2, 0) is 23.8 Å². The predicted octanol–water partition coefficient (Wildman–Crippen LogP) is -0.758. The van der Waals surface area contributed by atoms with Gasteiger partial charge in [0.25, 0.3) is 6.47 Å². The standard InChI is InChI=1S/C7H8O5/c8-3-11-6-5-4(1-2-10-5)12-7(6)9/h3-6H,1-2H2. The molecule has 2 heterocycles. The number of carbonyl (C=O) groups is 2. The fourth-order valence-electron chi connectivity index (χ4n) is 1.54. The maximum absolute atomic E-state index is 11.0. The summed E-state index contributed by atoms with van der Waals surface area (Å²) in [6.45, 7) is 0.803. The fourth-order valence-corrected chi connectivity index (χ4v) is 1.54. The maximum atomic E-state index is 11.0. The minimum absolute atomic E-state index is 0.220. The minimum Gasteiger partial charge on any atom is -0.457 e. The van der Waals surface area contributed by atoms with Crippen molar-refractivity contribution in [1.82, 2.24) is 0 Å². The molecule has 12 heavy (non-hydrogen) atoms.